The van der Waals surface area contributed by atoms with Crippen molar-refractivity contribution in [2.45, 2.75) is 59.0 Å². The fourth-order valence-corrected chi connectivity index (χ4v) is 2.07. The van der Waals surface area contributed by atoms with Crippen molar-refractivity contribution in [1.29, 1.82) is 0 Å². The van der Waals surface area contributed by atoms with Gasteiger partial charge >= 0.3 is 5.97 Å². The van der Waals surface area contributed by atoms with Crippen LogP contribution in [0.1, 0.15) is 53.4 Å². The lowest BCUT2D eigenvalue weighted by Crippen LogP contribution is -2.34. The summed E-state index contributed by atoms with van der Waals surface area (Å²) >= 11 is 0. The Balaban J connectivity index is 0.000000543. The first-order chi connectivity index (χ1) is 13.6. The molecule has 0 aliphatic carbocycles. The Bertz CT molecular complexity index is 559. The van der Waals surface area contributed by atoms with E-state index in [9.17, 15) is 19.2 Å². The smallest absolute Gasteiger partial charge is 0.336 e. The molecule has 1 atom stereocenters. The lowest BCUT2D eigenvalue weighted by molar-refractivity contribution is -0.200. The highest BCUT2D eigenvalue weighted by Crippen LogP contribution is 2.15. The first-order valence-corrected chi connectivity index (χ1v) is 9.55. The number of methoxy groups -OCH3 is 1. The molecule has 1 unspecified atom stereocenters. The monoisotopic (exact) mass is 414 g/mol. The van der Waals surface area contributed by atoms with E-state index >= 15 is 0 Å². The molecule has 1 saturated heterocycles. The van der Waals surface area contributed by atoms with Crippen LogP contribution in [0.25, 0.3) is 0 Å². The van der Waals surface area contributed by atoms with Gasteiger partial charge in [-0.2, -0.15) is 0 Å². The van der Waals surface area contributed by atoms with Crippen molar-refractivity contribution in [1.82, 2.24) is 9.96 Å². The maximum absolute atomic E-state index is 11.3. The average molecular weight is 414 g/mol. The second kappa shape index (κ2) is 13.8. The second-order valence-corrected chi connectivity index (χ2v) is 7.31. The summed E-state index contributed by atoms with van der Waals surface area (Å²) in [4.78, 5) is 50.1. The number of nitrogens with zero attached hydrogens (tertiary/aromatic N) is 2. The van der Waals surface area contributed by atoms with E-state index in [1.807, 2.05) is 31.1 Å². The Kier molecular flexibility index (Phi) is 12.8. The lowest BCUT2D eigenvalue weighted by Gasteiger charge is -2.27. The van der Waals surface area contributed by atoms with Crippen LogP contribution < -0.4 is 0 Å². The zero-order valence-electron chi connectivity index (χ0n) is 18.3. The number of rotatable bonds is 11. The summed E-state index contributed by atoms with van der Waals surface area (Å²) in [5, 5.41) is 0.476. The fraction of sp³-hybridized carbons (Fsp3) is 0.700. The number of carbonyl (C=O) groups excluding carboxylic acids is 4. The minimum Gasteiger partial charge on any atom is -0.385 e. The molecule has 2 amide bonds. The molecule has 1 rings (SSSR count). The number of hydroxylamine groups is 2. The van der Waals surface area contributed by atoms with Crippen LogP contribution in [0.2, 0.25) is 0 Å². The highest BCUT2D eigenvalue weighted by Gasteiger charge is 2.33. The first kappa shape index (κ1) is 26.7. The van der Waals surface area contributed by atoms with Crippen LogP contribution in [-0.4, -0.2) is 67.1 Å². The Hall–Kier alpha value is -2.26. The van der Waals surface area contributed by atoms with Crippen molar-refractivity contribution in [3.63, 3.8) is 0 Å². The van der Waals surface area contributed by atoms with Crippen molar-refractivity contribution < 1.29 is 33.5 Å². The summed E-state index contributed by atoms with van der Waals surface area (Å²) in [5.41, 5.74) is -0.119. The largest absolute Gasteiger partial charge is 0.385 e. The predicted molar refractivity (Wildman–Crippen MR) is 106 cm³/mol. The topological polar surface area (TPSA) is 102 Å². The third-order valence-corrected chi connectivity index (χ3v) is 4.01. The minimum atomic E-state index is -0.745. The lowest BCUT2D eigenvalue weighted by atomic mass is 10.1. The second-order valence-electron chi connectivity index (χ2n) is 7.31. The molecule has 0 aromatic carbocycles. The molecular weight excluding hydrogens is 380 g/mol. The van der Waals surface area contributed by atoms with Gasteiger partial charge in [0.25, 0.3) is 11.8 Å². The SMILES string of the molecule is CC(CC=O)C(=O)ON1C(=O)CCC1=O.CC=CN(C)COC(C)(C)CCOC. The summed E-state index contributed by atoms with van der Waals surface area (Å²) in [5.74, 6) is -2.44. The van der Waals surface area contributed by atoms with Gasteiger partial charge in [-0.15, -0.1) is 5.06 Å². The van der Waals surface area contributed by atoms with E-state index in [2.05, 4.69) is 18.7 Å². The molecule has 0 aromatic heterocycles. The summed E-state index contributed by atoms with van der Waals surface area (Å²) in [6, 6.07) is 0. The zero-order valence-corrected chi connectivity index (χ0v) is 18.3. The van der Waals surface area contributed by atoms with Crippen molar-refractivity contribution in [3.05, 3.63) is 12.3 Å². The van der Waals surface area contributed by atoms with Gasteiger partial charge in [0, 0.05) is 40.0 Å². The molecule has 1 aliphatic heterocycles. The van der Waals surface area contributed by atoms with Gasteiger partial charge in [-0.05, 0) is 33.4 Å². The van der Waals surface area contributed by atoms with E-state index in [1.165, 1.54) is 6.92 Å². The number of aldehydes is 1. The fourth-order valence-electron chi connectivity index (χ4n) is 2.07. The molecule has 1 aliphatic rings. The van der Waals surface area contributed by atoms with Crippen LogP contribution in [0.15, 0.2) is 12.3 Å². The number of hydrogen-bond donors (Lipinski definition) is 0. The van der Waals surface area contributed by atoms with Gasteiger partial charge in [0.2, 0.25) is 0 Å². The number of carbonyl (C=O) groups is 4. The standard InChI is InChI=1S/C11H23NO2.C9H11NO5/c1-6-8-12(4)10-14-11(2,3)7-9-13-5;1-6(4-5-11)9(14)15-10-7(12)2-3-8(10)13/h6,8H,7,9-10H2,1-5H3;5-6H,2-4H2,1H3. The number of allylic oxidation sites excluding steroid dienone is 1. The van der Waals surface area contributed by atoms with Crippen LogP contribution in [0, 0.1) is 5.92 Å². The Morgan fingerprint density at radius 3 is 2.34 bits per heavy atom. The summed E-state index contributed by atoms with van der Waals surface area (Å²) in [7, 11) is 3.70. The third kappa shape index (κ3) is 11.4. The van der Waals surface area contributed by atoms with Gasteiger partial charge in [-0.25, -0.2) is 4.79 Å². The molecule has 9 nitrogen and oxygen atoms in total. The van der Waals surface area contributed by atoms with E-state index in [0.29, 0.717) is 18.1 Å². The highest BCUT2D eigenvalue weighted by atomic mass is 16.7. The normalized spacial score (nSPS) is 15.2. The molecule has 1 heterocycles. The maximum Gasteiger partial charge on any atom is 0.336 e. The van der Waals surface area contributed by atoms with Crippen LogP contribution in [0.3, 0.4) is 0 Å². The zero-order chi connectivity index (χ0) is 22.4. The first-order valence-electron chi connectivity index (χ1n) is 9.55. The van der Waals surface area contributed by atoms with E-state index in [4.69, 9.17) is 9.47 Å². The molecule has 0 bridgehead atoms. The number of imide groups is 1. The Morgan fingerprint density at radius 1 is 1.28 bits per heavy atom. The van der Waals surface area contributed by atoms with Crippen LogP contribution in [0.4, 0.5) is 0 Å². The third-order valence-electron chi connectivity index (χ3n) is 4.01. The van der Waals surface area contributed by atoms with Gasteiger partial charge in [0.05, 0.1) is 11.5 Å². The maximum atomic E-state index is 11.3. The molecular formula is C20H34N2O7. The Morgan fingerprint density at radius 2 is 1.86 bits per heavy atom. The molecule has 0 saturated carbocycles. The summed E-state index contributed by atoms with van der Waals surface area (Å²) in [6.45, 7) is 8.99. The highest BCUT2D eigenvalue weighted by molar-refractivity contribution is 6.01. The number of amides is 2. The van der Waals surface area contributed by atoms with Crippen molar-refractivity contribution in [2.24, 2.45) is 5.92 Å². The quantitative estimate of drug-likeness (QED) is 0.288. The van der Waals surface area contributed by atoms with Crippen molar-refractivity contribution in [2.75, 3.05) is 27.5 Å². The van der Waals surface area contributed by atoms with Gasteiger partial charge in [0.15, 0.2) is 0 Å². The van der Waals surface area contributed by atoms with E-state index in [1.54, 1.807) is 7.11 Å². The average Bonchev–Trinajstić information content (AvgIpc) is 2.98. The number of hydrogen-bond acceptors (Lipinski definition) is 8. The van der Waals surface area contributed by atoms with Gasteiger partial charge < -0.3 is 24.0 Å². The van der Waals surface area contributed by atoms with E-state index in [-0.39, 0.29) is 24.9 Å². The van der Waals surface area contributed by atoms with E-state index < -0.39 is 23.7 Å². The molecule has 0 spiro atoms. The van der Waals surface area contributed by atoms with E-state index in [0.717, 1.165) is 13.0 Å². The van der Waals surface area contributed by atoms with Crippen LogP contribution in [-0.2, 0) is 33.5 Å². The molecule has 0 N–H and O–H groups in total. The molecule has 9 heteroatoms. The van der Waals surface area contributed by atoms with Crippen molar-refractivity contribution >= 4 is 24.1 Å². The van der Waals surface area contributed by atoms with Crippen LogP contribution in [0.5, 0.6) is 0 Å². The van der Waals surface area contributed by atoms with Gasteiger partial charge in [0.1, 0.15) is 13.0 Å². The number of ether oxygens (including phenoxy) is 2. The molecule has 29 heavy (non-hydrogen) atoms. The Labute approximate surface area is 172 Å². The van der Waals surface area contributed by atoms with Crippen LogP contribution >= 0.6 is 0 Å². The molecule has 1 fully saturated rings. The molecule has 166 valence electrons. The summed E-state index contributed by atoms with van der Waals surface area (Å²) < 4.78 is 10.8. The molecule has 0 radical (unpaired) electrons. The van der Waals surface area contributed by atoms with Gasteiger partial charge in [-0.1, -0.05) is 13.0 Å². The minimum absolute atomic E-state index is 0.00898. The van der Waals surface area contributed by atoms with Gasteiger partial charge in [-0.3, -0.25) is 9.59 Å². The summed E-state index contributed by atoms with van der Waals surface area (Å²) in [6.07, 6.45) is 5.61. The molecule has 0 aromatic rings. The van der Waals surface area contributed by atoms with Crippen molar-refractivity contribution in [3.8, 4) is 0 Å². The predicted octanol–water partition coefficient (Wildman–Crippen LogP) is 2.06.